The van der Waals surface area contributed by atoms with Crippen LogP contribution in [0.25, 0.3) is 11.2 Å². The molecule has 164 valence electrons. The van der Waals surface area contributed by atoms with Crippen molar-refractivity contribution < 1.29 is 0 Å². The Bertz CT molecular complexity index is 1130. The lowest BCUT2D eigenvalue weighted by Crippen LogP contribution is -2.33. The molecule has 5 rings (SSSR count). The fraction of sp³-hybridized carbons (Fsp3) is 0.346. The largest absolute Gasteiger partial charge is 0.384 e. The monoisotopic (exact) mass is 426 g/mol. The SMILES string of the molecule is Nc1cc([C@H](CCCN2CCC(c3ccccc3)CC2)c2ccccc2)c2nn[nH]c2n1. The van der Waals surface area contributed by atoms with Gasteiger partial charge in [0.05, 0.1) is 0 Å². The van der Waals surface area contributed by atoms with E-state index in [0.717, 1.165) is 30.5 Å². The van der Waals surface area contributed by atoms with Crippen LogP contribution in [0.15, 0.2) is 66.7 Å². The summed E-state index contributed by atoms with van der Waals surface area (Å²) in [4.78, 5) is 6.97. The highest BCUT2D eigenvalue weighted by Gasteiger charge is 2.23. The standard InChI is InChI=1S/C26H30N6/c27-24-18-23(25-26(28-24)30-31-29-25)22(21-10-5-2-6-11-21)12-7-15-32-16-13-20(14-17-32)19-8-3-1-4-9-19/h1-6,8-11,18,20,22H,7,12-17H2,(H3,27,28,29,30,31)/t22-/m1/s1. The fourth-order valence-electron chi connectivity index (χ4n) is 5.07. The van der Waals surface area contributed by atoms with Crippen molar-refractivity contribution >= 4 is 17.0 Å². The second-order valence-electron chi connectivity index (χ2n) is 8.78. The molecular weight excluding hydrogens is 396 g/mol. The predicted octanol–water partition coefficient (Wildman–Crippen LogP) is 4.73. The molecule has 1 aliphatic heterocycles. The van der Waals surface area contributed by atoms with Crippen LogP contribution in [0.5, 0.6) is 0 Å². The molecule has 1 saturated heterocycles. The zero-order valence-electron chi connectivity index (χ0n) is 18.3. The normalized spacial score (nSPS) is 16.4. The van der Waals surface area contributed by atoms with Gasteiger partial charge in [-0.25, -0.2) is 10.1 Å². The van der Waals surface area contributed by atoms with Crippen LogP contribution in [0.2, 0.25) is 0 Å². The van der Waals surface area contributed by atoms with Crippen LogP contribution in [0.4, 0.5) is 5.82 Å². The number of benzene rings is 2. The minimum Gasteiger partial charge on any atom is -0.384 e. The highest BCUT2D eigenvalue weighted by molar-refractivity contribution is 5.77. The molecule has 6 heteroatoms. The van der Waals surface area contributed by atoms with Crippen molar-refractivity contribution in [3.63, 3.8) is 0 Å². The van der Waals surface area contributed by atoms with Gasteiger partial charge in [0, 0.05) is 5.92 Å². The highest BCUT2D eigenvalue weighted by Crippen LogP contribution is 2.34. The van der Waals surface area contributed by atoms with Crippen molar-refractivity contribution in [2.45, 2.75) is 37.5 Å². The van der Waals surface area contributed by atoms with Crippen LogP contribution >= 0.6 is 0 Å². The summed E-state index contributed by atoms with van der Waals surface area (Å²) in [5, 5.41) is 11.1. The van der Waals surface area contributed by atoms with E-state index in [2.05, 4.69) is 86.0 Å². The second kappa shape index (κ2) is 9.49. The summed E-state index contributed by atoms with van der Waals surface area (Å²) in [7, 11) is 0. The Morgan fingerprint density at radius 3 is 2.47 bits per heavy atom. The maximum atomic E-state index is 6.11. The van der Waals surface area contributed by atoms with Crippen molar-refractivity contribution in [1.82, 2.24) is 25.3 Å². The molecule has 2 aromatic carbocycles. The molecule has 0 radical (unpaired) electrons. The summed E-state index contributed by atoms with van der Waals surface area (Å²) >= 11 is 0. The molecule has 1 aliphatic rings. The van der Waals surface area contributed by atoms with Gasteiger partial charge in [0.2, 0.25) is 0 Å². The van der Waals surface area contributed by atoms with Crippen LogP contribution in [0.3, 0.4) is 0 Å². The summed E-state index contributed by atoms with van der Waals surface area (Å²) in [5.41, 5.74) is 11.5. The molecule has 0 unspecified atom stereocenters. The first kappa shape index (κ1) is 20.6. The number of aromatic amines is 1. The van der Waals surface area contributed by atoms with Crippen LogP contribution in [0, 0.1) is 0 Å². The number of hydrogen-bond acceptors (Lipinski definition) is 5. The predicted molar refractivity (Wildman–Crippen MR) is 128 cm³/mol. The van der Waals surface area contributed by atoms with Crippen LogP contribution in [-0.2, 0) is 0 Å². The Morgan fingerprint density at radius 2 is 1.72 bits per heavy atom. The van der Waals surface area contributed by atoms with E-state index < -0.39 is 0 Å². The maximum Gasteiger partial charge on any atom is 0.178 e. The van der Waals surface area contributed by atoms with Crippen molar-refractivity contribution in [2.75, 3.05) is 25.4 Å². The first-order valence-electron chi connectivity index (χ1n) is 11.6. The first-order valence-corrected chi connectivity index (χ1v) is 11.6. The van der Waals surface area contributed by atoms with E-state index in [9.17, 15) is 0 Å². The number of rotatable bonds is 7. The molecule has 0 bridgehead atoms. The molecule has 0 spiro atoms. The van der Waals surface area contributed by atoms with E-state index in [1.165, 1.54) is 37.1 Å². The molecule has 2 aromatic heterocycles. The zero-order valence-corrected chi connectivity index (χ0v) is 18.3. The van der Waals surface area contributed by atoms with Gasteiger partial charge >= 0.3 is 0 Å². The number of anilines is 1. The van der Waals surface area contributed by atoms with Crippen molar-refractivity contribution in [1.29, 1.82) is 0 Å². The van der Waals surface area contributed by atoms with E-state index in [1.54, 1.807) is 0 Å². The number of nitrogens with zero attached hydrogens (tertiary/aromatic N) is 4. The number of nitrogens with one attached hydrogen (secondary N) is 1. The van der Waals surface area contributed by atoms with Gasteiger partial charge in [0.15, 0.2) is 5.65 Å². The molecule has 1 fully saturated rings. The molecule has 32 heavy (non-hydrogen) atoms. The molecular formula is C26H30N6. The van der Waals surface area contributed by atoms with Gasteiger partial charge < -0.3 is 10.6 Å². The van der Waals surface area contributed by atoms with Crippen LogP contribution in [-0.4, -0.2) is 44.9 Å². The quantitative estimate of drug-likeness (QED) is 0.446. The van der Waals surface area contributed by atoms with Gasteiger partial charge in [-0.2, -0.15) is 0 Å². The minimum atomic E-state index is 0.218. The van der Waals surface area contributed by atoms with Gasteiger partial charge in [-0.1, -0.05) is 65.9 Å². The number of H-pyrrole nitrogens is 1. The molecule has 0 aliphatic carbocycles. The number of nitrogens with two attached hydrogens (primary N) is 1. The van der Waals surface area contributed by atoms with Gasteiger partial charge in [-0.3, -0.25) is 0 Å². The molecule has 3 N–H and O–H groups in total. The van der Waals surface area contributed by atoms with E-state index >= 15 is 0 Å². The number of fused-ring (bicyclic) bond motifs is 1. The zero-order chi connectivity index (χ0) is 21.8. The first-order chi connectivity index (χ1) is 15.8. The lowest BCUT2D eigenvalue weighted by atomic mass is 9.86. The van der Waals surface area contributed by atoms with Gasteiger partial charge in [-0.05, 0) is 74.0 Å². The Kier molecular flexibility index (Phi) is 6.12. The van der Waals surface area contributed by atoms with Crippen LogP contribution < -0.4 is 5.73 Å². The lowest BCUT2D eigenvalue weighted by Gasteiger charge is -2.32. The number of aromatic nitrogens is 4. The number of hydrogen-bond donors (Lipinski definition) is 2. The van der Waals surface area contributed by atoms with Gasteiger partial charge in [0.1, 0.15) is 11.3 Å². The second-order valence-corrected chi connectivity index (χ2v) is 8.78. The molecule has 0 amide bonds. The Hall–Kier alpha value is -3.25. The molecule has 1 atom stereocenters. The summed E-state index contributed by atoms with van der Waals surface area (Å²) in [6.07, 6.45) is 4.64. The molecule has 6 nitrogen and oxygen atoms in total. The summed E-state index contributed by atoms with van der Waals surface area (Å²) in [5.74, 6) is 1.42. The average molecular weight is 427 g/mol. The Balaban J connectivity index is 1.26. The van der Waals surface area contributed by atoms with Crippen molar-refractivity contribution in [3.05, 3.63) is 83.4 Å². The molecule has 4 aromatic rings. The van der Waals surface area contributed by atoms with Crippen molar-refractivity contribution in [3.8, 4) is 0 Å². The summed E-state index contributed by atoms with van der Waals surface area (Å²) in [6, 6.07) is 23.6. The Labute approximate surface area is 188 Å². The summed E-state index contributed by atoms with van der Waals surface area (Å²) in [6.45, 7) is 3.46. The smallest absolute Gasteiger partial charge is 0.178 e. The molecule has 0 saturated carbocycles. The third-order valence-electron chi connectivity index (χ3n) is 6.75. The minimum absolute atomic E-state index is 0.218. The highest BCUT2D eigenvalue weighted by atomic mass is 15.3. The third kappa shape index (κ3) is 4.50. The van der Waals surface area contributed by atoms with Crippen molar-refractivity contribution in [2.24, 2.45) is 0 Å². The van der Waals surface area contributed by atoms with Gasteiger partial charge in [0.25, 0.3) is 0 Å². The lowest BCUT2D eigenvalue weighted by molar-refractivity contribution is 0.208. The molecule has 3 heterocycles. The number of pyridine rings is 1. The fourth-order valence-corrected chi connectivity index (χ4v) is 5.07. The van der Waals surface area contributed by atoms with Gasteiger partial charge in [-0.15, -0.1) is 5.10 Å². The third-order valence-corrected chi connectivity index (χ3v) is 6.75. The number of likely N-dealkylation sites (tertiary alicyclic amines) is 1. The average Bonchev–Trinajstić information content (AvgIpc) is 3.31. The van der Waals surface area contributed by atoms with E-state index in [-0.39, 0.29) is 5.92 Å². The van der Waals surface area contributed by atoms with Crippen LogP contribution in [0.1, 0.15) is 54.2 Å². The summed E-state index contributed by atoms with van der Waals surface area (Å²) < 4.78 is 0. The maximum absolute atomic E-state index is 6.11. The topological polar surface area (TPSA) is 83.7 Å². The Morgan fingerprint density at radius 1 is 1.00 bits per heavy atom. The van der Waals surface area contributed by atoms with E-state index in [1.807, 2.05) is 6.07 Å². The van der Waals surface area contributed by atoms with E-state index in [4.69, 9.17) is 5.73 Å². The number of nitrogen functional groups attached to an aromatic ring is 1. The van der Waals surface area contributed by atoms with E-state index in [0.29, 0.717) is 17.4 Å². The number of piperidine rings is 1.